The van der Waals surface area contributed by atoms with Gasteiger partial charge in [-0.05, 0) is 49.6 Å². The summed E-state index contributed by atoms with van der Waals surface area (Å²) in [5.41, 5.74) is 9.37. The van der Waals surface area contributed by atoms with Crippen LogP contribution >= 0.6 is 0 Å². The highest BCUT2D eigenvalue weighted by atomic mass is 19.4. The molecule has 1 saturated heterocycles. The Balaban J connectivity index is 0.00000185. The summed E-state index contributed by atoms with van der Waals surface area (Å²) < 4.78 is 42.8. The number of amides is 2. The van der Waals surface area contributed by atoms with Gasteiger partial charge in [-0.2, -0.15) is 13.2 Å². The van der Waals surface area contributed by atoms with Crippen molar-refractivity contribution in [3.63, 3.8) is 0 Å². The Bertz CT molecular complexity index is 936. The summed E-state index contributed by atoms with van der Waals surface area (Å²) >= 11 is 0. The highest BCUT2D eigenvalue weighted by Crippen LogP contribution is 2.24. The van der Waals surface area contributed by atoms with Gasteiger partial charge >= 0.3 is 6.18 Å². The molecule has 1 atom stereocenters. The van der Waals surface area contributed by atoms with Crippen molar-refractivity contribution in [1.29, 1.82) is 0 Å². The zero-order valence-corrected chi connectivity index (χ0v) is 21.8. The fourth-order valence-electron chi connectivity index (χ4n) is 2.71. The number of carbonyl (C=O) groups excluding carboxylic acids is 2. The first-order chi connectivity index (χ1) is 16.8. The van der Waals surface area contributed by atoms with E-state index in [2.05, 4.69) is 24.5 Å². The molecule has 1 heterocycles. The van der Waals surface area contributed by atoms with Gasteiger partial charge in [-0.3, -0.25) is 9.59 Å². The molecule has 1 aliphatic heterocycles. The second kappa shape index (κ2) is 15.7. The van der Waals surface area contributed by atoms with E-state index in [1.807, 2.05) is 13.8 Å². The van der Waals surface area contributed by atoms with E-state index in [0.717, 1.165) is 0 Å². The van der Waals surface area contributed by atoms with Crippen molar-refractivity contribution in [1.82, 2.24) is 10.6 Å². The standard InChI is InChI=1S/C19H23F3N4O4.C4H10.C2H6/c1-9-5-14(27)13(18(29)25-11-3-4-30-8-11)7-12(9)17(28)26-16(24)10(2)6-15(23)19(20,21)22;1-3-4-2;1-2/h5-7,11,27H,3-4,8,23-24H2,1-2H3,(H,25,29)(H,26,28);3-4H2,1-2H3;1-2H3/b15-6-,16-10+;;. The van der Waals surface area contributed by atoms with Gasteiger partial charge in [-0.25, -0.2) is 0 Å². The van der Waals surface area contributed by atoms with E-state index >= 15 is 0 Å². The quantitative estimate of drug-likeness (QED) is 0.356. The lowest BCUT2D eigenvalue weighted by Gasteiger charge is -2.15. The number of halogens is 3. The van der Waals surface area contributed by atoms with Crippen molar-refractivity contribution >= 4 is 11.8 Å². The van der Waals surface area contributed by atoms with Gasteiger partial charge in [-0.1, -0.05) is 40.5 Å². The maximum Gasteiger partial charge on any atom is 0.430 e. The average molecular weight is 517 g/mol. The maximum absolute atomic E-state index is 12.6. The molecule has 1 aliphatic rings. The monoisotopic (exact) mass is 516 g/mol. The number of nitrogens with two attached hydrogens (primary N) is 2. The molecule has 11 heteroatoms. The minimum Gasteiger partial charge on any atom is -0.507 e. The zero-order chi connectivity index (χ0) is 28.1. The van der Waals surface area contributed by atoms with Crippen LogP contribution in [0.5, 0.6) is 5.75 Å². The number of unbranched alkanes of at least 4 members (excludes halogenated alkanes) is 1. The van der Waals surface area contributed by atoms with Gasteiger partial charge in [-0.15, -0.1) is 0 Å². The SMILES string of the molecule is CC.CC(/C=C(\N)C(F)(F)F)=C(/N)NC(=O)c1cc(C(=O)NC2CCOC2)c(O)cc1C.CCCC. The van der Waals surface area contributed by atoms with Crippen molar-refractivity contribution in [3.05, 3.63) is 52.0 Å². The molecule has 2 rings (SSSR count). The van der Waals surface area contributed by atoms with E-state index in [0.29, 0.717) is 31.3 Å². The first kappa shape index (κ1) is 32.8. The summed E-state index contributed by atoms with van der Waals surface area (Å²) in [5, 5.41) is 15.1. The second-order valence-electron chi connectivity index (χ2n) is 7.87. The number of aryl methyl sites for hydroxylation is 1. The molecule has 0 bridgehead atoms. The molecule has 0 spiro atoms. The van der Waals surface area contributed by atoms with Crippen molar-refractivity contribution in [2.45, 2.75) is 73.0 Å². The molecular weight excluding hydrogens is 477 g/mol. The lowest BCUT2D eigenvalue weighted by atomic mass is 10.0. The Morgan fingerprint density at radius 3 is 2.19 bits per heavy atom. The molecule has 1 aromatic rings. The summed E-state index contributed by atoms with van der Waals surface area (Å²) in [6.07, 6.45) is -0.867. The van der Waals surface area contributed by atoms with Gasteiger partial charge in [0.25, 0.3) is 11.8 Å². The molecule has 0 aliphatic carbocycles. The molecule has 7 N–H and O–H groups in total. The van der Waals surface area contributed by atoms with Crippen LogP contribution < -0.4 is 22.1 Å². The Morgan fingerprint density at radius 2 is 1.72 bits per heavy atom. The number of phenolic OH excluding ortho intramolecular Hbond substituents is 1. The Labute approximate surface area is 210 Å². The number of benzene rings is 1. The summed E-state index contributed by atoms with van der Waals surface area (Å²) in [5.74, 6) is -2.01. The number of carbonyl (C=O) groups is 2. The smallest absolute Gasteiger partial charge is 0.430 e. The minimum atomic E-state index is -4.73. The number of hydrogen-bond acceptors (Lipinski definition) is 6. The zero-order valence-electron chi connectivity index (χ0n) is 21.8. The van der Waals surface area contributed by atoms with Crippen molar-refractivity contribution in [3.8, 4) is 5.75 Å². The van der Waals surface area contributed by atoms with Crippen LogP contribution in [0.2, 0.25) is 0 Å². The first-order valence-electron chi connectivity index (χ1n) is 11.9. The summed E-state index contributed by atoms with van der Waals surface area (Å²) in [6.45, 7) is 12.0. The predicted molar refractivity (Wildman–Crippen MR) is 134 cm³/mol. The van der Waals surface area contributed by atoms with Gasteiger partial charge < -0.3 is 31.9 Å². The van der Waals surface area contributed by atoms with E-state index < -0.39 is 23.7 Å². The Morgan fingerprint density at radius 1 is 1.14 bits per heavy atom. The molecule has 1 unspecified atom stereocenters. The summed E-state index contributed by atoms with van der Waals surface area (Å²) in [4.78, 5) is 25.0. The van der Waals surface area contributed by atoms with Crippen LogP contribution in [-0.4, -0.2) is 42.4 Å². The average Bonchev–Trinajstić information content (AvgIpc) is 3.32. The third-order valence-electron chi connectivity index (χ3n) is 4.97. The number of aromatic hydroxyl groups is 1. The van der Waals surface area contributed by atoms with Crippen LogP contribution in [0.1, 0.15) is 80.2 Å². The number of nitrogens with one attached hydrogen (secondary N) is 2. The molecule has 204 valence electrons. The van der Waals surface area contributed by atoms with E-state index in [1.54, 1.807) is 0 Å². The van der Waals surface area contributed by atoms with E-state index in [4.69, 9.17) is 16.2 Å². The van der Waals surface area contributed by atoms with Crippen LogP contribution in [0.4, 0.5) is 13.2 Å². The molecule has 0 aromatic heterocycles. The van der Waals surface area contributed by atoms with Crippen LogP contribution in [0.15, 0.2) is 35.3 Å². The lowest BCUT2D eigenvalue weighted by molar-refractivity contribution is -0.0927. The first-order valence-corrected chi connectivity index (χ1v) is 11.9. The Kier molecular flexibility index (Phi) is 14.3. The van der Waals surface area contributed by atoms with Gasteiger partial charge in [0.1, 0.15) is 17.3 Å². The maximum atomic E-state index is 12.6. The fraction of sp³-hybridized carbons (Fsp3) is 0.520. The summed E-state index contributed by atoms with van der Waals surface area (Å²) in [7, 11) is 0. The van der Waals surface area contributed by atoms with Crippen LogP contribution in [0.25, 0.3) is 0 Å². The fourth-order valence-corrected chi connectivity index (χ4v) is 2.71. The highest BCUT2D eigenvalue weighted by Gasteiger charge is 2.31. The molecule has 1 aromatic carbocycles. The number of allylic oxidation sites excluding steroid dienone is 3. The number of rotatable bonds is 6. The molecule has 8 nitrogen and oxygen atoms in total. The molecule has 1 fully saturated rings. The van der Waals surface area contributed by atoms with Gasteiger partial charge in [0.15, 0.2) is 0 Å². The highest BCUT2D eigenvalue weighted by molar-refractivity contribution is 6.02. The number of alkyl halides is 3. The second-order valence-corrected chi connectivity index (χ2v) is 7.87. The third kappa shape index (κ3) is 10.6. The van der Waals surface area contributed by atoms with E-state index in [9.17, 15) is 27.9 Å². The predicted octanol–water partition coefficient (Wildman–Crippen LogP) is 4.38. The van der Waals surface area contributed by atoms with Crippen LogP contribution in [0.3, 0.4) is 0 Å². The molecule has 0 radical (unpaired) electrons. The van der Waals surface area contributed by atoms with Crippen molar-refractivity contribution in [2.24, 2.45) is 11.5 Å². The lowest BCUT2D eigenvalue weighted by Crippen LogP contribution is -2.35. The van der Waals surface area contributed by atoms with Crippen molar-refractivity contribution in [2.75, 3.05) is 13.2 Å². The van der Waals surface area contributed by atoms with Gasteiger partial charge in [0.2, 0.25) is 0 Å². The normalized spacial score (nSPS) is 16.0. The van der Waals surface area contributed by atoms with Crippen molar-refractivity contribution < 1.29 is 32.6 Å². The van der Waals surface area contributed by atoms with Gasteiger partial charge in [0, 0.05) is 12.2 Å². The van der Waals surface area contributed by atoms with E-state index in [-0.39, 0.29) is 34.3 Å². The topological polar surface area (TPSA) is 140 Å². The molecule has 0 saturated carbocycles. The Hall–Kier alpha value is -3.21. The number of phenols is 1. The van der Waals surface area contributed by atoms with E-state index in [1.165, 1.54) is 38.8 Å². The number of hydrogen-bond donors (Lipinski definition) is 5. The minimum absolute atomic E-state index is 0.0177. The molecule has 36 heavy (non-hydrogen) atoms. The molecular formula is C25H39F3N4O4. The van der Waals surface area contributed by atoms with Crippen LogP contribution in [-0.2, 0) is 4.74 Å². The molecule has 2 amide bonds. The summed E-state index contributed by atoms with van der Waals surface area (Å²) in [6, 6.07) is 2.22. The third-order valence-corrected chi connectivity index (χ3v) is 4.97. The largest absolute Gasteiger partial charge is 0.507 e. The number of ether oxygens (including phenoxy) is 1. The van der Waals surface area contributed by atoms with Crippen LogP contribution in [0, 0.1) is 6.92 Å². The van der Waals surface area contributed by atoms with Gasteiger partial charge in [0.05, 0.1) is 18.2 Å².